The number of phenols is 1. The molecule has 6 rings (SSSR count). The Hall–Kier alpha value is -4.74. The second-order valence-corrected chi connectivity index (χ2v) is 11.2. The third-order valence-corrected chi connectivity index (χ3v) is 8.19. The summed E-state index contributed by atoms with van der Waals surface area (Å²) in [4.78, 5) is 15.8. The molecule has 0 aliphatic carbocycles. The zero-order chi connectivity index (χ0) is 27.9. The average Bonchev–Trinajstić information content (AvgIpc) is 3.60. The van der Waals surface area contributed by atoms with Crippen LogP contribution in [0.1, 0.15) is 24.4 Å². The number of anilines is 2. The maximum absolute atomic E-state index is 13.7. The van der Waals surface area contributed by atoms with Gasteiger partial charge >= 0.3 is 0 Å². The molecule has 1 aliphatic heterocycles. The highest BCUT2D eigenvalue weighted by atomic mass is 32.2. The summed E-state index contributed by atoms with van der Waals surface area (Å²) < 4.78 is 24.1. The average molecular weight is 555 g/mol. The molecule has 1 fully saturated rings. The van der Waals surface area contributed by atoms with Crippen LogP contribution in [0.4, 0.5) is 11.4 Å². The van der Waals surface area contributed by atoms with Crippen LogP contribution >= 0.6 is 0 Å². The first-order valence-corrected chi connectivity index (χ1v) is 14.2. The third kappa shape index (κ3) is 4.88. The van der Waals surface area contributed by atoms with E-state index in [9.17, 15) is 18.3 Å². The highest BCUT2D eigenvalue weighted by Crippen LogP contribution is 2.41. The van der Waals surface area contributed by atoms with E-state index in [1.54, 1.807) is 54.6 Å². The molecule has 0 radical (unpaired) electrons. The van der Waals surface area contributed by atoms with Crippen molar-refractivity contribution in [2.45, 2.75) is 29.8 Å². The number of aromatic hydroxyl groups is 1. The smallest absolute Gasteiger partial charge is 0.247 e. The number of fused-ring (bicyclic) bond motifs is 1. The minimum atomic E-state index is -3.89. The zero-order valence-corrected chi connectivity index (χ0v) is 22.0. The number of carbonyl (C=O) groups excluding carboxylic acids is 1. The SMILES string of the molecule is NS(=O)(=O)c1ccccc1-c1ccc(NC(=O)C2CCC(c3ccc(O)cc3)N2c2ccc3n[nH]nc3c2)cc1. The summed E-state index contributed by atoms with van der Waals surface area (Å²) in [7, 11) is -3.89. The first-order valence-electron chi connectivity index (χ1n) is 12.7. The van der Waals surface area contributed by atoms with Crippen molar-refractivity contribution in [3.63, 3.8) is 0 Å². The Labute approximate surface area is 230 Å². The van der Waals surface area contributed by atoms with Gasteiger partial charge in [-0.1, -0.05) is 42.5 Å². The summed E-state index contributed by atoms with van der Waals surface area (Å²) >= 11 is 0. The predicted octanol–water partition coefficient (Wildman–Crippen LogP) is 4.33. The third-order valence-electron chi connectivity index (χ3n) is 7.22. The van der Waals surface area contributed by atoms with Crippen molar-refractivity contribution >= 4 is 38.3 Å². The van der Waals surface area contributed by atoms with Gasteiger partial charge in [0.25, 0.3) is 0 Å². The largest absolute Gasteiger partial charge is 0.508 e. The molecule has 1 aromatic heterocycles. The van der Waals surface area contributed by atoms with E-state index in [1.807, 2.05) is 30.3 Å². The van der Waals surface area contributed by atoms with Crippen molar-refractivity contribution in [3.8, 4) is 16.9 Å². The molecule has 2 heterocycles. The van der Waals surface area contributed by atoms with Crippen molar-refractivity contribution in [2.75, 3.05) is 10.2 Å². The van der Waals surface area contributed by atoms with E-state index in [0.717, 1.165) is 23.2 Å². The lowest BCUT2D eigenvalue weighted by Crippen LogP contribution is -2.40. The molecule has 2 atom stereocenters. The van der Waals surface area contributed by atoms with Gasteiger partial charge in [-0.15, -0.1) is 0 Å². The van der Waals surface area contributed by atoms with Gasteiger partial charge in [-0.3, -0.25) is 4.79 Å². The van der Waals surface area contributed by atoms with Gasteiger partial charge in [0.1, 0.15) is 22.8 Å². The Morgan fingerprint density at radius 1 is 0.925 bits per heavy atom. The van der Waals surface area contributed by atoms with Crippen LogP contribution in [0.25, 0.3) is 22.2 Å². The molecule has 4 aromatic carbocycles. The number of nitrogens with zero attached hydrogens (tertiary/aromatic N) is 3. The molecule has 1 aliphatic rings. The summed E-state index contributed by atoms with van der Waals surface area (Å²) in [5, 5.41) is 29.2. The molecular weight excluding hydrogens is 528 g/mol. The monoisotopic (exact) mass is 554 g/mol. The molecule has 10 nitrogen and oxygen atoms in total. The van der Waals surface area contributed by atoms with E-state index < -0.39 is 16.1 Å². The van der Waals surface area contributed by atoms with E-state index in [1.165, 1.54) is 6.07 Å². The predicted molar refractivity (Wildman–Crippen MR) is 152 cm³/mol. The quantitative estimate of drug-likeness (QED) is 0.244. The number of aromatic amines is 1. The molecule has 0 bridgehead atoms. The van der Waals surface area contributed by atoms with Gasteiger partial charge < -0.3 is 15.3 Å². The molecule has 5 N–H and O–H groups in total. The lowest BCUT2D eigenvalue weighted by Gasteiger charge is -2.32. The standard InChI is InChI=1S/C29H26N6O4S/c30-40(38,39)28-4-2-1-3-23(28)18-5-9-20(10-6-18)31-29(37)27-16-15-26(19-7-12-22(36)13-8-19)35(27)21-11-14-24-25(17-21)33-34-32-24/h1-14,17,26-27,36H,15-16H2,(H,31,37)(H2,30,38,39)(H,32,33,34). The number of amides is 1. The van der Waals surface area contributed by atoms with Crippen LogP contribution in [-0.4, -0.2) is 40.9 Å². The number of nitrogens with one attached hydrogen (secondary N) is 2. The van der Waals surface area contributed by atoms with Gasteiger partial charge in [0, 0.05) is 16.9 Å². The molecule has 0 saturated carbocycles. The first-order chi connectivity index (χ1) is 19.3. The molecule has 11 heteroatoms. The van der Waals surface area contributed by atoms with Crippen molar-refractivity contribution < 1.29 is 18.3 Å². The van der Waals surface area contributed by atoms with Crippen LogP contribution in [0.3, 0.4) is 0 Å². The fourth-order valence-electron chi connectivity index (χ4n) is 5.35. The number of rotatable bonds is 6. The van der Waals surface area contributed by atoms with Gasteiger partial charge in [-0.2, -0.15) is 15.4 Å². The summed E-state index contributed by atoms with van der Waals surface area (Å²) in [6, 6.07) is 25.7. The Morgan fingerprint density at radius 3 is 2.40 bits per heavy atom. The second kappa shape index (κ2) is 10.1. The molecule has 5 aromatic rings. The summed E-state index contributed by atoms with van der Waals surface area (Å²) in [5.41, 5.74) is 5.00. The highest BCUT2D eigenvalue weighted by molar-refractivity contribution is 7.89. The van der Waals surface area contributed by atoms with Gasteiger partial charge in [0.2, 0.25) is 15.9 Å². The molecular formula is C29H26N6O4S. The van der Waals surface area contributed by atoms with E-state index in [4.69, 9.17) is 5.14 Å². The van der Waals surface area contributed by atoms with Crippen molar-refractivity contribution in [1.29, 1.82) is 0 Å². The van der Waals surface area contributed by atoms with Gasteiger partial charge in [-0.05, 0) is 72.5 Å². The van der Waals surface area contributed by atoms with Crippen LogP contribution in [0, 0.1) is 0 Å². The van der Waals surface area contributed by atoms with E-state index in [0.29, 0.717) is 28.8 Å². The number of carbonyl (C=O) groups is 1. The first kappa shape index (κ1) is 25.5. The number of hydrogen-bond donors (Lipinski definition) is 4. The van der Waals surface area contributed by atoms with Gasteiger partial charge in [-0.25, -0.2) is 13.6 Å². The minimum absolute atomic E-state index is 0.0396. The number of H-pyrrole nitrogens is 1. The van der Waals surface area contributed by atoms with E-state index in [-0.39, 0.29) is 22.6 Å². The second-order valence-electron chi connectivity index (χ2n) is 9.71. The van der Waals surface area contributed by atoms with Crippen molar-refractivity contribution in [2.24, 2.45) is 5.14 Å². The Balaban J connectivity index is 1.28. The molecule has 40 heavy (non-hydrogen) atoms. The maximum atomic E-state index is 13.7. The molecule has 202 valence electrons. The Kier molecular flexibility index (Phi) is 6.45. The molecule has 0 spiro atoms. The highest BCUT2D eigenvalue weighted by Gasteiger charge is 2.39. The minimum Gasteiger partial charge on any atom is -0.508 e. The fourth-order valence-corrected chi connectivity index (χ4v) is 6.11. The molecule has 1 saturated heterocycles. The topological polar surface area (TPSA) is 154 Å². The molecule has 2 unspecified atom stereocenters. The van der Waals surface area contributed by atoms with Gasteiger partial charge in [0.05, 0.1) is 10.9 Å². The van der Waals surface area contributed by atoms with Gasteiger partial charge in [0.15, 0.2) is 0 Å². The number of benzene rings is 4. The normalized spacial score (nSPS) is 17.3. The van der Waals surface area contributed by atoms with Crippen LogP contribution in [-0.2, 0) is 14.8 Å². The number of primary sulfonamides is 1. The summed E-state index contributed by atoms with van der Waals surface area (Å²) in [6.07, 6.45) is 1.36. The number of hydrogen-bond acceptors (Lipinski definition) is 7. The van der Waals surface area contributed by atoms with Crippen LogP contribution in [0.15, 0.2) is 95.9 Å². The number of nitrogens with two attached hydrogens (primary N) is 1. The van der Waals surface area contributed by atoms with E-state index in [2.05, 4.69) is 25.6 Å². The zero-order valence-electron chi connectivity index (χ0n) is 21.2. The van der Waals surface area contributed by atoms with Crippen molar-refractivity contribution in [1.82, 2.24) is 15.4 Å². The van der Waals surface area contributed by atoms with Crippen LogP contribution in [0.5, 0.6) is 5.75 Å². The Bertz CT molecular complexity index is 1800. The number of phenolic OH excluding ortho intramolecular Hbond substituents is 1. The van der Waals surface area contributed by atoms with E-state index >= 15 is 0 Å². The van der Waals surface area contributed by atoms with Crippen LogP contribution in [0.2, 0.25) is 0 Å². The van der Waals surface area contributed by atoms with Crippen LogP contribution < -0.4 is 15.4 Å². The lowest BCUT2D eigenvalue weighted by atomic mass is 10.0. The fraction of sp³-hybridized carbons (Fsp3) is 0.138. The maximum Gasteiger partial charge on any atom is 0.247 e. The Morgan fingerprint density at radius 2 is 1.65 bits per heavy atom. The number of sulfonamides is 1. The molecule has 1 amide bonds. The number of aromatic nitrogens is 3. The summed E-state index contributed by atoms with van der Waals surface area (Å²) in [6.45, 7) is 0. The van der Waals surface area contributed by atoms with Crippen molar-refractivity contribution in [3.05, 3.63) is 96.6 Å². The lowest BCUT2D eigenvalue weighted by molar-refractivity contribution is -0.117. The summed E-state index contributed by atoms with van der Waals surface area (Å²) in [5.74, 6) is 0.0148.